The molecule has 0 saturated heterocycles. The minimum atomic E-state index is -0.248. The molecule has 0 N–H and O–H groups in total. The second-order valence-corrected chi connectivity index (χ2v) is 5.80. The second-order valence-electron chi connectivity index (χ2n) is 5.37. The number of allylic oxidation sites excluding steroid dienone is 2. The number of halogens is 1. The molecule has 0 unspecified atom stereocenters. The predicted octanol–water partition coefficient (Wildman–Crippen LogP) is 4.63. The molecule has 1 aromatic heterocycles. The van der Waals surface area contributed by atoms with E-state index in [9.17, 15) is 4.79 Å². The summed E-state index contributed by atoms with van der Waals surface area (Å²) in [5, 5.41) is 0.704. The molecule has 1 aromatic carbocycles. The zero-order valence-electron chi connectivity index (χ0n) is 13.0. The summed E-state index contributed by atoms with van der Waals surface area (Å²) in [6.07, 6.45) is 4.09. The molecule has 2 aromatic rings. The third-order valence-electron chi connectivity index (χ3n) is 3.97. The van der Waals surface area contributed by atoms with Crippen molar-refractivity contribution in [2.75, 3.05) is 7.11 Å². The molecule has 1 aliphatic rings. The van der Waals surface area contributed by atoms with Gasteiger partial charge in [0, 0.05) is 22.4 Å². The van der Waals surface area contributed by atoms with Crippen LogP contribution in [0.25, 0.3) is 17.2 Å². The van der Waals surface area contributed by atoms with Crippen LogP contribution >= 0.6 is 11.6 Å². The number of esters is 1. The standard InChI is InChI=1S/C19H16ClNO2/c1-12-16(11-18(22)23-2)15-4-3-9-21-19(15)17(12)10-13-5-7-14(20)8-6-13/h3-10H,11H2,1-2H3/b17-10-. The van der Waals surface area contributed by atoms with Crippen LogP contribution in [0, 0.1) is 0 Å². The Kier molecular flexibility index (Phi) is 4.30. The summed E-state index contributed by atoms with van der Waals surface area (Å²) in [4.78, 5) is 16.2. The number of hydrogen-bond donors (Lipinski definition) is 0. The summed E-state index contributed by atoms with van der Waals surface area (Å²) in [6.45, 7) is 2.02. The molecule has 0 atom stereocenters. The minimum Gasteiger partial charge on any atom is -0.469 e. The molecule has 1 heterocycles. The van der Waals surface area contributed by atoms with E-state index in [-0.39, 0.29) is 12.4 Å². The van der Waals surface area contributed by atoms with Gasteiger partial charge in [-0.3, -0.25) is 9.78 Å². The molecule has 23 heavy (non-hydrogen) atoms. The van der Waals surface area contributed by atoms with Gasteiger partial charge in [0.05, 0.1) is 19.2 Å². The van der Waals surface area contributed by atoms with E-state index in [1.54, 1.807) is 6.20 Å². The van der Waals surface area contributed by atoms with Crippen LogP contribution in [0.2, 0.25) is 5.02 Å². The van der Waals surface area contributed by atoms with E-state index < -0.39 is 0 Å². The van der Waals surface area contributed by atoms with Crippen molar-refractivity contribution in [2.45, 2.75) is 13.3 Å². The van der Waals surface area contributed by atoms with Crippen molar-refractivity contribution in [3.05, 3.63) is 70.0 Å². The van der Waals surface area contributed by atoms with Crippen LogP contribution < -0.4 is 0 Å². The molecule has 3 rings (SSSR count). The van der Waals surface area contributed by atoms with E-state index in [1.165, 1.54) is 7.11 Å². The van der Waals surface area contributed by atoms with Gasteiger partial charge < -0.3 is 4.74 Å². The minimum absolute atomic E-state index is 0.248. The Morgan fingerprint density at radius 2 is 2.00 bits per heavy atom. The van der Waals surface area contributed by atoms with Gasteiger partial charge in [-0.2, -0.15) is 0 Å². The van der Waals surface area contributed by atoms with Gasteiger partial charge in [-0.1, -0.05) is 29.8 Å². The first-order valence-electron chi connectivity index (χ1n) is 7.30. The van der Waals surface area contributed by atoms with Crippen molar-refractivity contribution in [1.29, 1.82) is 0 Å². The van der Waals surface area contributed by atoms with Crippen molar-refractivity contribution in [3.8, 4) is 0 Å². The van der Waals surface area contributed by atoms with Crippen LogP contribution in [0.5, 0.6) is 0 Å². The zero-order valence-corrected chi connectivity index (χ0v) is 13.7. The van der Waals surface area contributed by atoms with Gasteiger partial charge in [-0.15, -0.1) is 0 Å². The maximum Gasteiger partial charge on any atom is 0.310 e. The highest BCUT2D eigenvalue weighted by atomic mass is 35.5. The Morgan fingerprint density at radius 1 is 1.26 bits per heavy atom. The summed E-state index contributed by atoms with van der Waals surface area (Å²) in [5.41, 5.74) is 6.00. The Labute approximate surface area is 140 Å². The topological polar surface area (TPSA) is 39.2 Å². The first-order chi connectivity index (χ1) is 11.1. The lowest BCUT2D eigenvalue weighted by Gasteiger charge is -2.03. The fourth-order valence-corrected chi connectivity index (χ4v) is 2.88. The number of rotatable bonds is 3. The van der Waals surface area contributed by atoms with E-state index in [0.29, 0.717) is 5.02 Å². The highest BCUT2D eigenvalue weighted by Gasteiger charge is 2.26. The Bertz CT molecular complexity index is 820. The number of pyridine rings is 1. The van der Waals surface area contributed by atoms with Crippen molar-refractivity contribution in [3.63, 3.8) is 0 Å². The smallest absolute Gasteiger partial charge is 0.310 e. The van der Waals surface area contributed by atoms with Gasteiger partial charge in [0.25, 0.3) is 0 Å². The number of nitrogens with zero attached hydrogens (tertiary/aromatic N) is 1. The molecule has 1 aliphatic carbocycles. The monoisotopic (exact) mass is 325 g/mol. The molecule has 0 fully saturated rings. The molecule has 0 saturated carbocycles. The summed E-state index contributed by atoms with van der Waals surface area (Å²) >= 11 is 5.94. The first kappa shape index (κ1) is 15.5. The van der Waals surface area contributed by atoms with Gasteiger partial charge >= 0.3 is 5.97 Å². The van der Waals surface area contributed by atoms with Crippen LogP contribution in [0.3, 0.4) is 0 Å². The van der Waals surface area contributed by atoms with Crippen LogP contribution in [0.15, 0.2) is 48.2 Å². The van der Waals surface area contributed by atoms with Gasteiger partial charge in [-0.05, 0) is 47.9 Å². The molecular weight excluding hydrogens is 310 g/mol. The molecular formula is C19H16ClNO2. The van der Waals surface area contributed by atoms with Crippen molar-refractivity contribution in [1.82, 2.24) is 4.98 Å². The van der Waals surface area contributed by atoms with E-state index in [0.717, 1.165) is 33.5 Å². The number of fused-ring (bicyclic) bond motifs is 1. The number of benzene rings is 1. The van der Waals surface area contributed by atoms with Gasteiger partial charge in [-0.25, -0.2) is 0 Å². The largest absolute Gasteiger partial charge is 0.469 e. The van der Waals surface area contributed by atoms with Crippen molar-refractivity contribution >= 4 is 34.8 Å². The van der Waals surface area contributed by atoms with Crippen molar-refractivity contribution in [2.24, 2.45) is 0 Å². The number of carbonyl (C=O) groups excluding carboxylic acids is 1. The number of ether oxygens (including phenoxy) is 1. The predicted molar refractivity (Wildman–Crippen MR) is 92.8 cm³/mol. The first-order valence-corrected chi connectivity index (χ1v) is 7.68. The molecule has 0 aliphatic heterocycles. The number of hydrogen-bond acceptors (Lipinski definition) is 3. The molecule has 0 bridgehead atoms. The molecule has 116 valence electrons. The quantitative estimate of drug-likeness (QED) is 0.773. The second kappa shape index (κ2) is 6.39. The Morgan fingerprint density at radius 3 is 2.70 bits per heavy atom. The zero-order chi connectivity index (χ0) is 16.4. The lowest BCUT2D eigenvalue weighted by Crippen LogP contribution is -2.01. The SMILES string of the molecule is COC(=O)CC1=C(C)/C(=C/c2ccc(Cl)cc2)c2ncccc21. The maximum atomic E-state index is 11.7. The normalized spacial score (nSPS) is 15.0. The fraction of sp³-hybridized carbons (Fsp3) is 0.158. The molecule has 0 spiro atoms. The van der Waals surface area contributed by atoms with Crippen LogP contribution in [0.4, 0.5) is 0 Å². The highest BCUT2D eigenvalue weighted by Crippen LogP contribution is 2.42. The average Bonchev–Trinajstić information content (AvgIpc) is 2.82. The lowest BCUT2D eigenvalue weighted by molar-refractivity contribution is -0.139. The lowest BCUT2D eigenvalue weighted by atomic mass is 10.0. The van der Waals surface area contributed by atoms with Gasteiger partial charge in [0.15, 0.2) is 0 Å². The molecule has 3 nitrogen and oxygen atoms in total. The summed E-state index contributed by atoms with van der Waals surface area (Å²) in [7, 11) is 1.40. The van der Waals surface area contributed by atoms with Crippen molar-refractivity contribution < 1.29 is 9.53 Å². The maximum absolute atomic E-state index is 11.7. The summed E-state index contributed by atoms with van der Waals surface area (Å²) in [6, 6.07) is 11.5. The van der Waals surface area contributed by atoms with E-state index in [2.05, 4.69) is 11.1 Å². The third-order valence-corrected chi connectivity index (χ3v) is 4.23. The number of methoxy groups -OCH3 is 1. The van der Waals surface area contributed by atoms with E-state index in [1.807, 2.05) is 43.3 Å². The highest BCUT2D eigenvalue weighted by molar-refractivity contribution is 6.30. The van der Waals surface area contributed by atoms with Gasteiger partial charge in [0.2, 0.25) is 0 Å². The summed E-state index contributed by atoms with van der Waals surface area (Å²) in [5.74, 6) is -0.248. The Hall–Kier alpha value is -2.39. The van der Waals surface area contributed by atoms with Gasteiger partial charge in [0.1, 0.15) is 0 Å². The number of carbonyl (C=O) groups is 1. The number of aromatic nitrogens is 1. The molecule has 0 radical (unpaired) electrons. The van der Waals surface area contributed by atoms with Crippen LogP contribution in [0.1, 0.15) is 30.2 Å². The molecule has 4 heteroatoms. The average molecular weight is 326 g/mol. The van der Waals surface area contributed by atoms with E-state index >= 15 is 0 Å². The van der Waals surface area contributed by atoms with Crippen LogP contribution in [-0.2, 0) is 9.53 Å². The van der Waals surface area contributed by atoms with Crippen LogP contribution in [-0.4, -0.2) is 18.1 Å². The van der Waals surface area contributed by atoms with E-state index in [4.69, 9.17) is 16.3 Å². The molecule has 0 amide bonds. The summed E-state index contributed by atoms with van der Waals surface area (Å²) < 4.78 is 4.81. The third kappa shape index (κ3) is 3.06. The fourth-order valence-electron chi connectivity index (χ4n) is 2.75. The Balaban J connectivity index is 2.09.